The third kappa shape index (κ3) is 7.06. The summed E-state index contributed by atoms with van der Waals surface area (Å²) < 4.78 is 17.8. The molecule has 0 radical (unpaired) electrons. The summed E-state index contributed by atoms with van der Waals surface area (Å²) in [5, 5.41) is 15.1. The highest BCUT2D eigenvalue weighted by Crippen LogP contribution is 2.40. The lowest BCUT2D eigenvalue weighted by Crippen LogP contribution is -2.25. The van der Waals surface area contributed by atoms with Gasteiger partial charge >= 0.3 is 5.97 Å². The number of unbranched alkanes of at least 4 members (excludes halogenated alkanes) is 1. The number of hydrogen-bond donors (Lipinski definition) is 2. The Morgan fingerprint density at radius 2 is 1.90 bits per heavy atom. The van der Waals surface area contributed by atoms with Crippen LogP contribution in [0.4, 0.5) is 5.00 Å². The number of amides is 2. The Bertz CT molecular complexity index is 1440. The summed E-state index contributed by atoms with van der Waals surface area (Å²) in [7, 11) is 3.05. The molecule has 0 bridgehead atoms. The molecule has 2 N–H and O–H groups in total. The second kappa shape index (κ2) is 14.5. The number of methoxy groups -OCH3 is 2. The number of nitrogens with one attached hydrogen (secondary N) is 2. The van der Waals surface area contributed by atoms with Crippen molar-refractivity contribution >= 4 is 45.9 Å². The van der Waals surface area contributed by atoms with Crippen molar-refractivity contribution in [3.05, 3.63) is 45.6 Å². The maximum atomic E-state index is 13.3. The molecule has 0 fully saturated rings. The summed E-state index contributed by atoms with van der Waals surface area (Å²) in [5.41, 5.74) is 1.90. The first-order valence-corrected chi connectivity index (χ1v) is 15.7. The normalized spacial score (nSPS) is 12.9. The molecule has 226 valence electrons. The Labute approximate surface area is 253 Å². The van der Waals surface area contributed by atoms with Crippen LogP contribution in [0.15, 0.2) is 23.4 Å². The van der Waals surface area contributed by atoms with Gasteiger partial charge in [-0.2, -0.15) is 0 Å². The topological polar surface area (TPSA) is 134 Å². The van der Waals surface area contributed by atoms with Crippen LogP contribution >= 0.6 is 23.1 Å². The number of aromatic nitrogens is 3. The summed E-state index contributed by atoms with van der Waals surface area (Å²) >= 11 is 2.74. The third-order valence-electron chi connectivity index (χ3n) is 6.87. The minimum absolute atomic E-state index is 0.161. The van der Waals surface area contributed by atoms with Crippen LogP contribution in [0, 0.1) is 0 Å². The fourth-order valence-electron chi connectivity index (χ4n) is 4.65. The van der Waals surface area contributed by atoms with Gasteiger partial charge in [0.2, 0.25) is 5.91 Å². The standard InChI is InChI=1S/C29H37N5O6S2/c1-6-8-14-34-23(16-30-26(36)18-12-13-20(38-4)21(15-18)39-5)32-33-29(34)41-17(3)25(35)31-27-24(28(37)40-7-2)19-10-9-11-22(19)42-27/h12-13,15,17H,6-11,14,16H2,1-5H3,(H,30,36)(H,31,35). The lowest BCUT2D eigenvalue weighted by Gasteiger charge is -2.14. The highest BCUT2D eigenvalue weighted by Gasteiger charge is 2.30. The molecule has 2 heterocycles. The first-order chi connectivity index (χ1) is 20.3. The molecule has 0 saturated heterocycles. The molecule has 0 aliphatic heterocycles. The van der Waals surface area contributed by atoms with E-state index in [2.05, 4.69) is 27.8 Å². The average Bonchev–Trinajstić information content (AvgIpc) is 3.69. The van der Waals surface area contributed by atoms with Gasteiger partial charge in [-0.15, -0.1) is 21.5 Å². The number of carbonyl (C=O) groups is 3. The zero-order valence-corrected chi connectivity index (χ0v) is 26.2. The van der Waals surface area contributed by atoms with E-state index >= 15 is 0 Å². The van der Waals surface area contributed by atoms with Crippen molar-refractivity contribution in [2.45, 2.75) is 76.4 Å². The Kier molecular flexibility index (Phi) is 10.9. The molecule has 4 rings (SSSR count). The summed E-state index contributed by atoms with van der Waals surface area (Å²) in [4.78, 5) is 40.0. The predicted molar refractivity (Wildman–Crippen MR) is 162 cm³/mol. The quantitative estimate of drug-likeness (QED) is 0.192. The molecule has 0 saturated carbocycles. The van der Waals surface area contributed by atoms with Crippen LogP contribution in [0.5, 0.6) is 11.5 Å². The van der Waals surface area contributed by atoms with Gasteiger partial charge < -0.3 is 29.4 Å². The van der Waals surface area contributed by atoms with Crippen LogP contribution in [0.2, 0.25) is 0 Å². The number of hydrogen-bond acceptors (Lipinski definition) is 10. The number of benzene rings is 1. The maximum absolute atomic E-state index is 13.3. The number of carbonyl (C=O) groups excluding carboxylic acids is 3. The van der Waals surface area contributed by atoms with Gasteiger partial charge in [-0.25, -0.2) is 4.79 Å². The van der Waals surface area contributed by atoms with Gasteiger partial charge in [-0.05, 0) is 63.3 Å². The lowest BCUT2D eigenvalue weighted by molar-refractivity contribution is -0.115. The second-order valence-electron chi connectivity index (χ2n) is 9.69. The fraction of sp³-hybridized carbons (Fsp3) is 0.483. The Hall–Kier alpha value is -3.58. The van der Waals surface area contributed by atoms with Gasteiger partial charge in [0.1, 0.15) is 5.00 Å². The van der Waals surface area contributed by atoms with Crippen molar-refractivity contribution in [1.82, 2.24) is 20.1 Å². The Morgan fingerprint density at radius 3 is 2.62 bits per heavy atom. The summed E-state index contributed by atoms with van der Waals surface area (Å²) in [6.45, 7) is 6.73. The molecular weight excluding hydrogens is 578 g/mol. The molecule has 1 aliphatic carbocycles. The number of thiophene rings is 1. The number of ether oxygens (including phenoxy) is 3. The molecule has 3 aromatic rings. The van der Waals surface area contributed by atoms with Gasteiger partial charge in [0.15, 0.2) is 22.5 Å². The van der Waals surface area contributed by atoms with E-state index in [4.69, 9.17) is 14.2 Å². The Balaban J connectivity index is 1.45. The minimum atomic E-state index is -0.518. The maximum Gasteiger partial charge on any atom is 0.341 e. The first-order valence-electron chi connectivity index (χ1n) is 14.0. The van der Waals surface area contributed by atoms with Crippen molar-refractivity contribution in [3.8, 4) is 11.5 Å². The zero-order chi connectivity index (χ0) is 30.2. The Morgan fingerprint density at radius 1 is 1.12 bits per heavy atom. The summed E-state index contributed by atoms with van der Waals surface area (Å²) in [6, 6.07) is 4.96. The molecule has 13 heteroatoms. The zero-order valence-electron chi connectivity index (χ0n) is 24.6. The largest absolute Gasteiger partial charge is 0.493 e. The smallest absolute Gasteiger partial charge is 0.341 e. The summed E-state index contributed by atoms with van der Waals surface area (Å²) in [5.74, 6) is 0.664. The third-order valence-corrected chi connectivity index (χ3v) is 9.16. The molecule has 11 nitrogen and oxygen atoms in total. The number of anilines is 1. The molecular formula is C29H37N5O6S2. The molecule has 1 unspecified atom stereocenters. The van der Waals surface area contributed by atoms with E-state index in [0.717, 1.165) is 42.5 Å². The van der Waals surface area contributed by atoms with E-state index in [1.54, 1.807) is 32.0 Å². The van der Waals surface area contributed by atoms with E-state index in [-0.39, 0.29) is 25.0 Å². The first kappa shape index (κ1) is 31.4. The average molecular weight is 616 g/mol. The number of rotatable bonds is 14. The van der Waals surface area contributed by atoms with Gasteiger partial charge in [0.25, 0.3) is 5.91 Å². The molecule has 42 heavy (non-hydrogen) atoms. The molecule has 2 aromatic heterocycles. The van der Waals surface area contributed by atoms with Crippen LogP contribution in [0.3, 0.4) is 0 Å². The minimum Gasteiger partial charge on any atom is -0.493 e. The van der Waals surface area contributed by atoms with Crippen molar-refractivity contribution < 1.29 is 28.6 Å². The molecule has 1 atom stereocenters. The highest BCUT2D eigenvalue weighted by atomic mass is 32.2. The predicted octanol–water partition coefficient (Wildman–Crippen LogP) is 4.87. The van der Waals surface area contributed by atoms with E-state index in [9.17, 15) is 14.4 Å². The molecule has 1 aliphatic rings. The number of aryl methyl sites for hydroxylation is 1. The number of nitrogens with zero attached hydrogens (tertiary/aromatic N) is 3. The monoisotopic (exact) mass is 615 g/mol. The van der Waals surface area contributed by atoms with Crippen LogP contribution in [0.25, 0.3) is 0 Å². The lowest BCUT2D eigenvalue weighted by atomic mass is 10.1. The molecule has 0 spiro atoms. The molecule has 1 aromatic carbocycles. The number of esters is 1. The van der Waals surface area contributed by atoms with E-state index in [1.165, 1.54) is 37.3 Å². The second-order valence-corrected chi connectivity index (χ2v) is 12.1. The van der Waals surface area contributed by atoms with Crippen LogP contribution in [-0.2, 0) is 35.5 Å². The van der Waals surface area contributed by atoms with Crippen molar-refractivity contribution in [1.29, 1.82) is 0 Å². The summed E-state index contributed by atoms with van der Waals surface area (Å²) in [6.07, 6.45) is 4.55. The van der Waals surface area contributed by atoms with E-state index in [0.29, 0.717) is 45.2 Å². The fourth-order valence-corrected chi connectivity index (χ4v) is 6.83. The van der Waals surface area contributed by atoms with Gasteiger partial charge in [-0.1, -0.05) is 25.1 Å². The van der Waals surface area contributed by atoms with E-state index < -0.39 is 11.2 Å². The van der Waals surface area contributed by atoms with Gasteiger partial charge in [0.05, 0.1) is 38.2 Å². The van der Waals surface area contributed by atoms with Crippen molar-refractivity contribution in [2.24, 2.45) is 0 Å². The van der Waals surface area contributed by atoms with Gasteiger partial charge in [0, 0.05) is 17.0 Å². The molecule has 2 amide bonds. The van der Waals surface area contributed by atoms with Crippen LogP contribution in [-0.4, -0.2) is 58.6 Å². The number of thioether (sulfide) groups is 1. The van der Waals surface area contributed by atoms with Crippen LogP contribution in [0.1, 0.15) is 77.0 Å². The SMILES string of the molecule is CCCCn1c(CNC(=O)c2ccc(OC)c(OC)c2)nnc1SC(C)C(=O)Nc1sc2c(c1C(=O)OCC)CCC2. The van der Waals surface area contributed by atoms with Gasteiger partial charge in [-0.3, -0.25) is 9.59 Å². The van der Waals surface area contributed by atoms with Crippen molar-refractivity contribution in [2.75, 3.05) is 26.1 Å². The van der Waals surface area contributed by atoms with E-state index in [1.807, 2.05) is 4.57 Å². The van der Waals surface area contributed by atoms with Crippen LogP contribution < -0.4 is 20.1 Å². The highest BCUT2D eigenvalue weighted by molar-refractivity contribution is 8.00. The number of fused-ring (bicyclic) bond motifs is 1. The van der Waals surface area contributed by atoms with Crippen molar-refractivity contribution in [3.63, 3.8) is 0 Å².